The number of carbonyl (C=O) groups is 1. The number of nitrogens with zero attached hydrogens (tertiary/aromatic N) is 2. The van der Waals surface area contributed by atoms with E-state index in [2.05, 4.69) is 16.0 Å². The normalized spacial score (nSPS) is 11.4. The first-order chi connectivity index (χ1) is 9.32. The third-order valence-electron chi connectivity index (χ3n) is 3.89. The molecule has 0 aliphatic carbocycles. The van der Waals surface area contributed by atoms with Crippen LogP contribution in [0, 0.1) is 13.8 Å². The molecular weight excluding hydrogens is 248 g/mol. The summed E-state index contributed by atoms with van der Waals surface area (Å²) in [5.41, 5.74) is 3.80. The molecule has 20 heavy (non-hydrogen) atoms. The van der Waals surface area contributed by atoms with E-state index in [1.165, 1.54) is 0 Å². The minimum Gasteiger partial charge on any atom is -0.299 e. The fraction of sp³-hybridized carbons (Fsp3) is 0.353. The molecule has 1 heterocycles. The smallest absolute Gasteiger partial charge is 0.139 e. The molecule has 0 aliphatic rings. The van der Waals surface area contributed by atoms with Crippen LogP contribution in [0.4, 0.5) is 0 Å². The Labute approximate surface area is 120 Å². The number of ketones is 1. The summed E-state index contributed by atoms with van der Waals surface area (Å²) >= 11 is 0. The van der Waals surface area contributed by atoms with Crippen LogP contribution in [-0.2, 0) is 10.2 Å². The number of Topliss-reactive ketones (excluding diaryl/α,β-unsaturated/α-hetero) is 1. The quantitative estimate of drug-likeness (QED) is 0.853. The maximum Gasteiger partial charge on any atom is 0.139 e. The molecule has 0 saturated carbocycles. The lowest BCUT2D eigenvalue weighted by Gasteiger charge is -2.24. The lowest BCUT2D eigenvalue weighted by atomic mass is 9.78. The number of carbonyl (C=O) groups excluding carboxylic acids is 1. The van der Waals surface area contributed by atoms with Crippen molar-refractivity contribution in [2.24, 2.45) is 0 Å². The minimum atomic E-state index is -0.452. The summed E-state index contributed by atoms with van der Waals surface area (Å²) in [5.74, 6) is 0.937. The zero-order valence-electron chi connectivity index (χ0n) is 12.7. The van der Waals surface area contributed by atoms with Crippen LogP contribution in [0.25, 0.3) is 11.1 Å². The second kappa shape index (κ2) is 5.16. The fourth-order valence-electron chi connectivity index (χ4n) is 2.28. The summed E-state index contributed by atoms with van der Waals surface area (Å²) in [6.45, 7) is 9.48. The zero-order chi connectivity index (χ0) is 14.9. The van der Waals surface area contributed by atoms with Crippen LogP contribution in [0.5, 0.6) is 0 Å². The average molecular weight is 268 g/mol. The number of rotatable bonds is 3. The molecule has 0 spiro atoms. The van der Waals surface area contributed by atoms with Crippen LogP contribution in [0.15, 0.2) is 30.6 Å². The van der Waals surface area contributed by atoms with Crippen LogP contribution in [0.1, 0.15) is 37.7 Å². The Morgan fingerprint density at radius 1 is 1.05 bits per heavy atom. The summed E-state index contributed by atoms with van der Waals surface area (Å²) in [7, 11) is 0. The highest BCUT2D eigenvalue weighted by Gasteiger charge is 2.27. The van der Waals surface area contributed by atoms with E-state index in [9.17, 15) is 4.79 Å². The number of hydrogen-bond acceptors (Lipinski definition) is 3. The Hall–Kier alpha value is -2.03. The number of benzene rings is 1. The Morgan fingerprint density at radius 3 is 2.15 bits per heavy atom. The molecule has 0 N–H and O–H groups in total. The summed E-state index contributed by atoms with van der Waals surface area (Å²) in [5, 5.41) is 0. The van der Waals surface area contributed by atoms with Crippen molar-refractivity contribution in [3.63, 3.8) is 0 Å². The first-order valence-corrected chi connectivity index (χ1v) is 6.73. The molecule has 0 amide bonds. The molecule has 2 aromatic rings. The van der Waals surface area contributed by atoms with E-state index in [-0.39, 0.29) is 5.78 Å². The maximum absolute atomic E-state index is 11.8. The highest BCUT2D eigenvalue weighted by molar-refractivity contribution is 5.87. The van der Waals surface area contributed by atoms with Crippen LogP contribution < -0.4 is 0 Å². The van der Waals surface area contributed by atoms with Crippen LogP contribution in [-0.4, -0.2) is 15.8 Å². The van der Waals surface area contributed by atoms with Crippen molar-refractivity contribution >= 4 is 5.78 Å². The molecule has 104 valence electrons. The molecule has 0 aliphatic heterocycles. The van der Waals surface area contributed by atoms with Gasteiger partial charge in [-0.3, -0.25) is 4.79 Å². The number of hydrogen-bond donors (Lipinski definition) is 0. The van der Waals surface area contributed by atoms with Gasteiger partial charge in [-0.2, -0.15) is 0 Å². The second-order valence-corrected chi connectivity index (χ2v) is 5.73. The molecule has 0 bridgehead atoms. The van der Waals surface area contributed by atoms with Crippen molar-refractivity contribution in [1.82, 2.24) is 9.97 Å². The molecule has 0 atom stereocenters. The molecule has 3 heteroatoms. The van der Waals surface area contributed by atoms with Crippen LogP contribution >= 0.6 is 0 Å². The van der Waals surface area contributed by atoms with E-state index in [4.69, 9.17) is 0 Å². The SMILES string of the molecule is CC(=O)C(C)(C)c1ccc(-c2cnc(C)nc2)cc1C. The van der Waals surface area contributed by atoms with Gasteiger partial charge >= 0.3 is 0 Å². The third kappa shape index (κ3) is 2.62. The van der Waals surface area contributed by atoms with E-state index >= 15 is 0 Å². The van der Waals surface area contributed by atoms with Gasteiger partial charge in [-0.15, -0.1) is 0 Å². The molecule has 1 aromatic carbocycles. The highest BCUT2D eigenvalue weighted by atomic mass is 16.1. The monoisotopic (exact) mass is 268 g/mol. The molecule has 2 rings (SSSR count). The van der Waals surface area contributed by atoms with Crippen LogP contribution in [0.2, 0.25) is 0 Å². The van der Waals surface area contributed by atoms with E-state index in [0.29, 0.717) is 0 Å². The van der Waals surface area contributed by atoms with Gasteiger partial charge in [0.25, 0.3) is 0 Å². The van der Waals surface area contributed by atoms with Gasteiger partial charge in [0.05, 0.1) is 0 Å². The van der Waals surface area contributed by atoms with Gasteiger partial charge in [-0.25, -0.2) is 9.97 Å². The van der Waals surface area contributed by atoms with Crippen LogP contribution in [0.3, 0.4) is 0 Å². The standard InChI is InChI=1S/C17H20N2O/c1-11-8-14(15-9-18-13(3)19-10-15)6-7-16(11)17(4,5)12(2)20/h6-10H,1-5H3. The molecule has 0 radical (unpaired) electrons. The lowest BCUT2D eigenvalue weighted by molar-refractivity contribution is -0.121. The van der Waals surface area contributed by atoms with E-state index in [1.54, 1.807) is 6.92 Å². The summed E-state index contributed by atoms with van der Waals surface area (Å²) < 4.78 is 0. The average Bonchev–Trinajstić information content (AvgIpc) is 2.39. The molecule has 1 aromatic heterocycles. The van der Waals surface area contributed by atoms with Crippen molar-refractivity contribution in [3.8, 4) is 11.1 Å². The second-order valence-electron chi connectivity index (χ2n) is 5.73. The lowest BCUT2D eigenvalue weighted by Crippen LogP contribution is -2.27. The predicted octanol–water partition coefficient (Wildman–Crippen LogP) is 3.63. The van der Waals surface area contributed by atoms with Crippen molar-refractivity contribution in [2.45, 2.75) is 40.0 Å². The maximum atomic E-state index is 11.8. The minimum absolute atomic E-state index is 0.173. The molecule has 0 saturated heterocycles. The van der Waals surface area contributed by atoms with Crippen molar-refractivity contribution in [3.05, 3.63) is 47.5 Å². The van der Waals surface area contributed by atoms with Gasteiger partial charge in [0.2, 0.25) is 0 Å². The zero-order valence-corrected chi connectivity index (χ0v) is 12.7. The predicted molar refractivity (Wildman–Crippen MR) is 80.6 cm³/mol. The summed E-state index contributed by atoms with van der Waals surface area (Å²) in [6.07, 6.45) is 3.65. The molecular formula is C17H20N2O. The Balaban J connectivity index is 2.45. The van der Waals surface area contributed by atoms with Gasteiger partial charge in [0, 0.05) is 23.4 Å². The Kier molecular flexibility index (Phi) is 3.71. The van der Waals surface area contributed by atoms with Crippen molar-refractivity contribution < 1.29 is 4.79 Å². The molecule has 0 fully saturated rings. The Morgan fingerprint density at radius 2 is 1.65 bits per heavy atom. The number of aryl methyl sites for hydroxylation is 2. The highest BCUT2D eigenvalue weighted by Crippen LogP contribution is 2.30. The van der Waals surface area contributed by atoms with Gasteiger partial charge in [0.15, 0.2) is 0 Å². The summed E-state index contributed by atoms with van der Waals surface area (Å²) in [4.78, 5) is 20.2. The van der Waals surface area contributed by atoms with E-state index in [0.717, 1.165) is 28.1 Å². The fourth-order valence-corrected chi connectivity index (χ4v) is 2.28. The third-order valence-corrected chi connectivity index (χ3v) is 3.89. The van der Waals surface area contributed by atoms with E-state index in [1.807, 2.05) is 52.2 Å². The number of aromatic nitrogens is 2. The van der Waals surface area contributed by atoms with Gasteiger partial charge in [-0.1, -0.05) is 18.2 Å². The molecule has 3 nitrogen and oxygen atoms in total. The van der Waals surface area contributed by atoms with E-state index < -0.39 is 5.41 Å². The van der Waals surface area contributed by atoms with Crippen molar-refractivity contribution in [2.75, 3.05) is 0 Å². The van der Waals surface area contributed by atoms with Gasteiger partial charge in [0.1, 0.15) is 11.6 Å². The Bertz CT molecular complexity index is 643. The van der Waals surface area contributed by atoms with Gasteiger partial charge < -0.3 is 0 Å². The largest absolute Gasteiger partial charge is 0.299 e. The van der Waals surface area contributed by atoms with Crippen molar-refractivity contribution in [1.29, 1.82) is 0 Å². The topological polar surface area (TPSA) is 42.9 Å². The van der Waals surface area contributed by atoms with Gasteiger partial charge in [-0.05, 0) is 51.3 Å². The first-order valence-electron chi connectivity index (χ1n) is 6.73. The summed E-state index contributed by atoms with van der Waals surface area (Å²) in [6, 6.07) is 6.15. The molecule has 0 unspecified atom stereocenters. The first kappa shape index (κ1) is 14.4.